The molecule has 0 radical (unpaired) electrons. The van der Waals surface area contributed by atoms with E-state index in [-0.39, 0.29) is 23.5 Å². The van der Waals surface area contributed by atoms with Crippen molar-refractivity contribution in [3.05, 3.63) is 65.5 Å². The molecule has 1 atom stereocenters. The molecule has 0 spiro atoms. The molecule has 1 fully saturated rings. The van der Waals surface area contributed by atoms with Crippen LogP contribution in [0.15, 0.2) is 48.5 Å². The van der Waals surface area contributed by atoms with Crippen LogP contribution in [0.25, 0.3) is 0 Å². The predicted octanol–water partition coefficient (Wildman–Crippen LogP) is 4.04. The number of amides is 2. The molecule has 1 saturated heterocycles. The minimum Gasteiger partial charge on any atom is -0.338 e. The minimum atomic E-state index is -0.366. The summed E-state index contributed by atoms with van der Waals surface area (Å²) in [5, 5.41) is 0. The Morgan fingerprint density at radius 2 is 1.85 bits per heavy atom. The smallest absolute Gasteiger partial charge is 0.253 e. The van der Waals surface area contributed by atoms with Gasteiger partial charge in [-0.25, -0.2) is 4.39 Å². The summed E-state index contributed by atoms with van der Waals surface area (Å²) in [5.41, 5.74) is 2.44. The summed E-state index contributed by atoms with van der Waals surface area (Å²) in [7, 11) is 0. The van der Waals surface area contributed by atoms with Crippen molar-refractivity contribution >= 4 is 17.5 Å². The largest absolute Gasteiger partial charge is 0.338 e. The summed E-state index contributed by atoms with van der Waals surface area (Å²) in [5.74, 6) is -0.674. The Labute approximate surface area is 159 Å². The van der Waals surface area contributed by atoms with E-state index in [2.05, 4.69) is 0 Å². The number of rotatable bonds is 4. The molecule has 0 bridgehead atoms. The third kappa shape index (κ3) is 4.18. The molecule has 5 heteroatoms. The van der Waals surface area contributed by atoms with Crippen LogP contribution in [0.4, 0.5) is 10.1 Å². The van der Waals surface area contributed by atoms with E-state index in [4.69, 9.17) is 0 Å². The van der Waals surface area contributed by atoms with Crippen LogP contribution in [0, 0.1) is 18.7 Å². The van der Waals surface area contributed by atoms with E-state index in [0.29, 0.717) is 25.2 Å². The van der Waals surface area contributed by atoms with Gasteiger partial charge in [0, 0.05) is 30.9 Å². The maximum atomic E-state index is 13.2. The summed E-state index contributed by atoms with van der Waals surface area (Å²) >= 11 is 0. The zero-order valence-electron chi connectivity index (χ0n) is 15.8. The van der Waals surface area contributed by atoms with Crippen molar-refractivity contribution in [2.45, 2.75) is 26.7 Å². The predicted molar refractivity (Wildman–Crippen MR) is 104 cm³/mol. The third-order valence-electron chi connectivity index (χ3n) is 5.14. The molecule has 0 aromatic heterocycles. The number of anilines is 1. The Hall–Kier alpha value is -2.69. The van der Waals surface area contributed by atoms with E-state index in [1.54, 1.807) is 4.90 Å². The topological polar surface area (TPSA) is 40.6 Å². The van der Waals surface area contributed by atoms with Gasteiger partial charge in [0.15, 0.2) is 0 Å². The van der Waals surface area contributed by atoms with Crippen LogP contribution >= 0.6 is 0 Å². The number of carbonyl (C=O) groups excluding carboxylic acids is 2. The standard InChI is InChI=1S/C22H25FN2O2/c1-3-25(20-9-5-4-7-16(20)2)22(27)18-8-6-14-24(15-18)21(26)17-10-12-19(23)13-11-17/h4-5,7,9-13,18H,3,6,8,14-15H2,1-2H3/t18-/m0/s1. The van der Waals surface area contributed by atoms with Gasteiger partial charge in [-0.15, -0.1) is 0 Å². The zero-order valence-corrected chi connectivity index (χ0v) is 15.8. The number of benzene rings is 2. The van der Waals surface area contributed by atoms with Crippen LogP contribution in [-0.4, -0.2) is 36.3 Å². The molecule has 27 heavy (non-hydrogen) atoms. The Balaban J connectivity index is 1.75. The first-order valence-corrected chi connectivity index (χ1v) is 9.43. The first-order valence-electron chi connectivity index (χ1n) is 9.43. The fourth-order valence-corrected chi connectivity index (χ4v) is 3.67. The first kappa shape index (κ1) is 19.1. The van der Waals surface area contributed by atoms with Gasteiger partial charge < -0.3 is 9.80 Å². The molecule has 142 valence electrons. The normalized spacial score (nSPS) is 16.9. The molecule has 0 unspecified atom stereocenters. The summed E-state index contributed by atoms with van der Waals surface area (Å²) in [6, 6.07) is 13.4. The van der Waals surface area contributed by atoms with Gasteiger partial charge in [0.05, 0.1) is 5.92 Å². The second-order valence-electron chi connectivity index (χ2n) is 6.97. The van der Waals surface area contributed by atoms with Crippen LogP contribution in [0.5, 0.6) is 0 Å². The Bertz CT molecular complexity index is 819. The summed E-state index contributed by atoms with van der Waals surface area (Å²) in [6.45, 7) is 5.57. The highest BCUT2D eigenvalue weighted by Gasteiger charge is 2.32. The molecular weight excluding hydrogens is 343 g/mol. The Morgan fingerprint density at radius 3 is 2.52 bits per heavy atom. The van der Waals surface area contributed by atoms with Crippen LogP contribution in [0.3, 0.4) is 0 Å². The average Bonchev–Trinajstić information content (AvgIpc) is 2.70. The van der Waals surface area contributed by atoms with Crippen molar-refractivity contribution in [1.82, 2.24) is 4.90 Å². The van der Waals surface area contributed by atoms with Gasteiger partial charge in [-0.1, -0.05) is 18.2 Å². The van der Waals surface area contributed by atoms with Crippen molar-refractivity contribution in [1.29, 1.82) is 0 Å². The number of para-hydroxylation sites is 1. The molecule has 3 rings (SSSR count). The van der Waals surface area contributed by atoms with E-state index < -0.39 is 0 Å². The molecule has 2 aromatic carbocycles. The number of carbonyl (C=O) groups is 2. The van der Waals surface area contributed by atoms with Gasteiger partial charge in [-0.2, -0.15) is 0 Å². The second-order valence-corrected chi connectivity index (χ2v) is 6.97. The summed E-state index contributed by atoms with van der Waals surface area (Å²) in [6.07, 6.45) is 1.56. The van der Waals surface area contributed by atoms with Crippen molar-refractivity contribution in [2.24, 2.45) is 5.92 Å². The lowest BCUT2D eigenvalue weighted by atomic mass is 9.95. The van der Waals surface area contributed by atoms with Crippen molar-refractivity contribution < 1.29 is 14.0 Å². The van der Waals surface area contributed by atoms with Gasteiger partial charge in [0.2, 0.25) is 5.91 Å². The Kier molecular flexibility index (Phi) is 5.89. The molecule has 0 N–H and O–H groups in total. The monoisotopic (exact) mass is 368 g/mol. The molecule has 4 nitrogen and oxygen atoms in total. The lowest BCUT2D eigenvalue weighted by Gasteiger charge is -2.35. The first-order chi connectivity index (χ1) is 13.0. The molecule has 1 aliphatic rings. The number of piperidine rings is 1. The van der Waals surface area contributed by atoms with E-state index in [1.807, 2.05) is 43.0 Å². The second kappa shape index (κ2) is 8.33. The molecule has 1 aliphatic heterocycles. The van der Waals surface area contributed by atoms with Crippen LogP contribution in [0.2, 0.25) is 0 Å². The molecule has 0 aliphatic carbocycles. The van der Waals surface area contributed by atoms with E-state index in [9.17, 15) is 14.0 Å². The lowest BCUT2D eigenvalue weighted by Crippen LogP contribution is -2.47. The molecular formula is C22H25FN2O2. The number of hydrogen-bond acceptors (Lipinski definition) is 2. The highest BCUT2D eigenvalue weighted by atomic mass is 19.1. The third-order valence-corrected chi connectivity index (χ3v) is 5.14. The quantitative estimate of drug-likeness (QED) is 0.817. The minimum absolute atomic E-state index is 0.0587. The maximum Gasteiger partial charge on any atom is 0.253 e. The molecule has 2 aromatic rings. The van der Waals surface area contributed by atoms with Crippen molar-refractivity contribution in [2.75, 3.05) is 24.5 Å². The molecule has 2 amide bonds. The van der Waals surface area contributed by atoms with E-state index in [0.717, 1.165) is 24.1 Å². The van der Waals surface area contributed by atoms with Crippen molar-refractivity contribution in [3.8, 4) is 0 Å². The van der Waals surface area contributed by atoms with Gasteiger partial charge in [-0.05, 0) is 62.6 Å². The van der Waals surface area contributed by atoms with Crippen LogP contribution in [-0.2, 0) is 4.79 Å². The van der Waals surface area contributed by atoms with E-state index in [1.165, 1.54) is 24.3 Å². The fourth-order valence-electron chi connectivity index (χ4n) is 3.67. The average molecular weight is 368 g/mol. The van der Waals surface area contributed by atoms with Gasteiger partial charge in [0.25, 0.3) is 5.91 Å². The van der Waals surface area contributed by atoms with Crippen LogP contribution < -0.4 is 4.90 Å². The highest BCUT2D eigenvalue weighted by molar-refractivity contribution is 5.97. The summed E-state index contributed by atoms with van der Waals surface area (Å²) < 4.78 is 13.1. The zero-order chi connectivity index (χ0) is 19.4. The lowest BCUT2D eigenvalue weighted by molar-refractivity contribution is -0.123. The van der Waals surface area contributed by atoms with Gasteiger partial charge in [-0.3, -0.25) is 9.59 Å². The van der Waals surface area contributed by atoms with E-state index >= 15 is 0 Å². The fraction of sp³-hybridized carbons (Fsp3) is 0.364. The maximum absolute atomic E-state index is 13.2. The Morgan fingerprint density at radius 1 is 1.15 bits per heavy atom. The summed E-state index contributed by atoms with van der Waals surface area (Å²) in [4.78, 5) is 29.4. The number of likely N-dealkylation sites (tertiary alicyclic amines) is 1. The van der Waals surface area contributed by atoms with Gasteiger partial charge in [0.1, 0.15) is 5.82 Å². The number of halogens is 1. The van der Waals surface area contributed by atoms with Crippen molar-refractivity contribution in [3.63, 3.8) is 0 Å². The highest BCUT2D eigenvalue weighted by Crippen LogP contribution is 2.26. The molecule has 0 saturated carbocycles. The number of hydrogen-bond donors (Lipinski definition) is 0. The van der Waals surface area contributed by atoms with Gasteiger partial charge >= 0.3 is 0 Å². The SMILES string of the molecule is CCN(C(=O)[C@H]1CCCN(C(=O)c2ccc(F)cc2)C1)c1ccccc1C. The van der Waals surface area contributed by atoms with Crippen LogP contribution in [0.1, 0.15) is 35.7 Å². The number of nitrogens with zero attached hydrogens (tertiary/aromatic N) is 2. The molecule has 1 heterocycles. The number of aryl methyl sites for hydroxylation is 1.